The van der Waals surface area contributed by atoms with Crippen LogP contribution in [0.25, 0.3) is 10.9 Å². The van der Waals surface area contributed by atoms with E-state index >= 15 is 0 Å². The maximum atomic E-state index is 13.3. The average Bonchev–Trinajstić information content (AvgIpc) is 2.87. The number of carbonyl (C=O) groups excluding carboxylic acids is 1. The molecule has 1 amide bonds. The molecule has 1 aromatic heterocycles. The van der Waals surface area contributed by atoms with E-state index in [4.69, 9.17) is 11.6 Å². The van der Waals surface area contributed by atoms with E-state index in [9.17, 15) is 13.6 Å². The minimum absolute atomic E-state index is 0.238. The molecule has 0 aliphatic rings. The third-order valence-electron chi connectivity index (χ3n) is 3.66. The molecule has 2 aromatic carbocycles. The van der Waals surface area contributed by atoms with Gasteiger partial charge < -0.3 is 10.3 Å². The maximum Gasteiger partial charge on any atom is 0.269 e. The SMILES string of the molecule is CC(NC(=O)c1[nH]c2ccccc2c1Cl)c1ccc(F)c(F)c1. The number of nitrogens with one attached hydrogen (secondary N) is 2. The highest BCUT2D eigenvalue weighted by molar-refractivity contribution is 6.38. The van der Waals surface area contributed by atoms with Gasteiger partial charge in [-0.3, -0.25) is 4.79 Å². The summed E-state index contributed by atoms with van der Waals surface area (Å²) >= 11 is 6.23. The van der Waals surface area contributed by atoms with Gasteiger partial charge >= 0.3 is 0 Å². The normalized spacial score (nSPS) is 12.3. The second-order valence-corrected chi connectivity index (χ2v) is 5.61. The number of hydrogen-bond acceptors (Lipinski definition) is 1. The second kappa shape index (κ2) is 6.01. The zero-order valence-electron chi connectivity index (χ0n) is 12.2. The summed E-state index contributed by atoms with van der Waals surface area (Å²) in [7, 11) is 0. The largest absolute Gasteiger partial charge is 0.349 e. The van der Waals surface area contributed by atoms with Crippen molar-refractivity contribution in [3.63, 3.8) is 0 Å². The quantitative estimate of drug-likeness (QED) is 0.723. The summed E-state index contributed by atoms with van der Waals surface area (Å²) in [6.07, 6.45) is 0. The van der Waals surface area contributed by atoms with Crippen LogP contribution >= 0.6 is 11.6 Å². The van der Waals surface area contributed by atoms with Crippen LogP contribution in [0.3, 0.4) is 0 Å². The molecule has 118 valence electrons. The Hall–Kier alpha value is -2.40. The van der Waals surface area contributed by atoms with Gasteiger partial charge in [0.2, 0.25) is 0 Å². The summed E-state index contributed by atoms with van der Waals surface area (Å²) in [4.78, 5) is 15.3. The molecule has 0 saturated heterocycles. The minimum Gasteiger partial charge on any atom is -0.349 e. The molecule has 2 N–H and O–H groups in total. The number of benzene rings is 2. The van der Waals surface area contributed by atoms with Crippen molar-refractivity contribution in [3.05, 3.63) is 70.4 Å². The fraction of sp³-hybridized carbons (Fsp3) is 0.118. The molecule has 3 nitrogen and oxygen atoms in total. The summed E-state index contributed by atoms with van der Waals surface area (Å²) in [5.41, 5.74) is 1.45. The Morgan fingerprint density at radius 3 is 2.61 bits per heavy atom. The standard InChI is InChI=1S/C17H13ClF2N2O/c1-9(10-6-7-12(19)13(20)8-10)21-17(23)16-15(18)11-4-2-3-5-14(11)22-16/h2-9,22H,1H3,(H,21,23). The van der Waals surface area contributed by atoms with Crippen molar-refractivity contribution in [2.45, 2.75) is 13.0 Å². The van der Waals surface area contributed by atoms with Crippen molar-refractivity contribution in [1.82, 2.24) is 10.3 Å². The molecule has 0 aliphatic heterocycles. The Kier molecular flexibility index (Phi) is 4.05. The van der Waals surface area contributed by atoms with Gasteiger partial charge in [0.05, 0.1) is 11.1 Å². The molecule has 1 heterocycles. The van der Waals surface area contributed by atoms with Crippen LogP contribution in [0.2, 0.25) is 5.02 Å². The molecule has 3 aromatic rings. The third kappa shape index (κ3) is 2.92. The Morgan fingerprint density at radius 2 is 1.91 bits per heavy atom. The highest BCUT2D eigenvalue weighted by Crippen LogP contribution is 2.27. The predicted octanol–water partition coefficient (Wildman–Crippen LogP) is 4.59. The Balaban J connectivity index is 1.85. The molecule has 23 heavy (non-hydrogen) atoms. The Bertz CT molecular complexity index is 891. The summed E-state index contributed by atoms with van der Waals surface area (Å²) < 4.78 is 26.3. The van der Waals surface area contributed by atoms with Gasteiger partial charge in [0, 0.05) is 10.9 Å². The second-order valence-electron chi connectivity index (χ2n) is 5.23. The summed E-state index contributed by atoms with van der Waals surface area (Å²) in [6.45, 7) is 1.68. The van der Waals surface area contributed by atoms with Gasteiger partial charge in [-0.1, -0.05) is 35.9 Å². The summed E-state index contributed by atoms with van der Waals surface area (Å²) in [5, 5.41) is 3.80. The summed E-state index contributed by atoms with van der Waals surface area (Å²) in [5.74, 6) is -2.29. The molecule has 0 aliphatic carbocycles. The number of aromatic nitrogens is 1. The van der Waals surface area contributed by atoms with Gasteiger partial charge in [-0.2, -0.15) is 0 Å². The number of aromatic amines is 1. The lowest BCUT2D eigenvalue weighted by Gasteiger charge is -2.14. The Morgan fingerprint density at radius 1 is 1.17 bits per heavy atom. The first-order valence-electron chi connectivity index (χ1n) is 6.99. The lowest BCUT2D eigenvalue weighted by atomic mass is 10.1. The number of para-hydroxylation sites is 1. The van der Waals surface area contributed by atoms with E-state index in [1.165, 1.54) is 6.07 Å². The molecule has 0 bridgehead atoms. The van der Waals surface area contributed by atoms with Crippen LogP contribution in [0.15, 0.2) is 42.5 Å². The van der Waals surface area contributed by atoms with E-state index in [1.54, 1.807) is 6.92 Å². The van der Waals surface area contributed by atoms with Crippen LogP contribution in [-0.4, -0.2) is 10.9 Å². The minimum atomic E-state index is -0.952. The van der Waals surface area contributed by atoms with E-state index in [2.05, 4.69) is 10.3 Å². The molecule has 0 fully saturated rings. The molecular weight excluding hydrogens is 322 g/mol. The Labute approximate surface area is 136 Å². The van der Waals surface area contributed by atoms with E-state index in [1.807, 2.05) is 24.3 Å². The van der Waals surface area contributed by atoms with Crippen LogP contribution in [0.1, 0.15) is 29.0 Å². The van der Waals surface area contributed by atoms with Gasteiger partial charge in [0.1, 0.15) is 5.69 Å². The highest BCUT2D eigenvalue weighted by atomic mass is 35.5. The number of rotatable bonds is 3. The fourth-order valence-corrected chi connectivity index (χ4v) is 2.70. The molecule has 3 rings (SSSR count). The molecule has 0 spiro atoms. The van der Waals surface area contributed by atoms with Gasteiger partial charge in [-0.15, -0.1) is 0 Å². The van der Waals surface area contributed by atoms with Gasteiger partial charge in [-0.25, -0.2) is 8.78 Å². The molecule has 0 saturated carbocycles. The highest BCUT2D eigenvalue weighted by Gasteiger charge is 2.19. The number of halogens is 3. The summed E-state index contributed by atoms with van der Waals surface area (Å²) in [6, 6.07) is 10.3. The maximum absolute atomic E-state index is 13.3. The zero-order valence-corrected chi connectivity index (χ0v) is 12.9. The number of amides is 1. The zero-order chi connectivity index (χ0) is 16.6. The van der Waals surface area contributed by atoms with Crippen molar-refractivity contribution in [3.8, 4) is 0 Å². The third-order valence-corrected chi connectivity index (χ3v) is 4.05. The smallest absolute Gasteiger partial charge is 0.269 e. The first-order chi connectivity index (χ1) is 11.0. The van der Waals surface area contributed by atoms with E-state index in [-0.39, 0.29) is 5.69 Å². The van der Waals surface area contributed by atoms with E-state index in [0.29, 0.717) is 10.6 Å². The average molecular weight is 335 g/mol. The van der Waals surface area contributed by atoms with Crippen molar-refractivity contribution >= 4 is 28.4 Å². The number of fused-ring (bicyclic) bond motifs is 1. The van der Waals surface area contributed by atoms with Gasteiger partial charge in [0.15, 0.2) is 11.6 Å². The lowest BCUT2D eigenvalue weighted by Crippen LogP contribution is -2.27. The molecule has 1 unspecified atom stereocenters. The van der Waals surface area contributed by atoms with Crippen LogP contribution in [0, 0.1) is 11.6 Å². The first-order valence-corrected chi connectivity index (χ1v) is 7.37. The molecule has 0 radical (unpaired) electrons. The van der Waals surface area contributed by atoms with E-state index in [0.717, 1.165) is 23.0 Å². The van der Waals surface area contributed by atoms with Crippen molar-refractivity contribution < 1.29 is 13.6 Å². The van der Waals surface area contributed by atoms with E-state index < -0.39 is 23.6 Å². The van der Waals surface area contributed by atoms with Gasteiger partial charge in [0.25, 0.3) is 5.91 Å². The monoisotopic (exact) mass is 334 g/mol. The topological polar surface area (TPSA) is 44.9 Å². The van der Waals surface area contributed by atoms with Crippen LogP contribution in [-0.2, 0) is 0 Å². The number of carbonyl (C=O) groups is 1. The van der Waals surface area contributed by atoms with Crippen LogP contribution in [0.5, 0.6) is 0 Å². The predicted molar refractivity (Wildman–Crippen MR) is 85.5 cm³/mol. The van der Waals surface area contributed by atoms with Crippen molar-refractivity contribution in [2.24, 2.45) is 0 Å². The van der Waals surface area contributed by atoms with Crippen molar-refractivity contribution in [2.75, 3.05) is 0 Å². The number of H-pyrrole nitrogens is 1. The van der Waals surface area contributed by atoms with Crippen LogP contribution < -0.4 is 5.32 Å². The number of hydrogen-bond donors (Lipinski definition) is 2. The lowest BCUT2D eigenvalue weighted by molar-refractivity contribution is 0.0935. The molecule has 6 heteroatoms. The fourth-order valence-electron chi connectivity index (χ4n) is 2.40. The molecular formula is C17H13ClF2N2O. The first kappa shape index (κ1) is 15.5. The van der Waals surface area contributed by atoms with Gasteiger partial charge in [-0.05, 0) is 30.7 Å². The van der Waals surface area contributed by atoms with Crippen LogP contribution in [0.4, 0.5) is 8.78 Å². The molecule has 1 atom stereocenters. The van der Waals surface area contributed by atoms with Crippen molar-refractivity contribution in [1.29, 1.82) is 0 Å².